The van der Waals surface area contributed by atoms with Crippen LogP contribution in [0.4, 0.5) is 0 Å². The number of rotatable bonds is 10. The van der Waals surface area contributed by atoms with Gasteiger partial charge in [-0.2, -0.15) is 11.8 Å². The van der Waals surface area contributed by atoms with Crippen LogP contribution in [0.3, 0.4) is 0 Å². The number of thioether (sulfide) groups is 2. The molecule has 1 atom stereocenters. The van der Waals surface area contributed by atoms with Gasteiger partial charge in [0.1, 0.15) is 0 Å². The van der Waals surface area contributed by atoms with E-state index in [1.807, 2.05) is 43.3 Å². The maximum atomic E-state index is 12.3. The minimum absolute atomic E-state index is 0.00355. The van der Waals surface area contributed by atoms with Crippen LogP contribution in [0.5, 0.6) is 11.5 Å². The van der Waals surface area contributed by atoms with E-state index < -0.39 is 0 Å². The van der Waals surface area contributed by atoms with Gasteiger partial charge in [0.25, 0.3) is 0 Å². The van der Waals surface area contributed by atoms with Crippen molar-refractivity contribution >= 4 is 52.6 Å². The number of hydrogen-bond acceptors (Lipinski definition) is 5. The summed E-state index contributed by atoms with van der Waals surface area (Å²) in [5.41, 5.74) is 0.930. The molecule has 0 fully saturated rings. The molecule has 0 aromatic heterocycles. The van der Waals surface area contributed by atoms with E-state index in [0.29, 0.717) is 33.8 Å². The summed E-state index contributed by atoms with van der Waals surface area (Å²) in [5.74, 6) is 2.80. The molecule has 0 aliphatic heterocycles. The summed E-state index contributed by atoms with van der Waals surface area (Å²) in [6, 6.07) is 11.1. The minimum Gasteiger partial charge on any atom is -0.493 e. The fourth-order valence-electron chi connectivity index (χ4n) is 2.38. The van der Waals surface area contributed by atoms with Gasteiger partial charge in [-0.25, -0.2) is 0 Å². The second-order valence-electron chi connectivity index (χ2n) is 5.82. The minimum atomic E-state index is -0.221. The van der Waals surface area contributed by atoms with Crippen LogP contribution in [0.1, 0.15) is 12.5 Å². The van der Waals surface area contributed by atoms with Crippen LogP contribution < -0.4 is 14.8 Å². The van der Waals surface area contributed by atoms with E-state index in [1.54, 1.807) is 26.0 Å². The van der Waals surface area contributed by atoms with Crippen LogP contribution in [-0.4, -0.2) is 37.7 Å². The first-order valence-electron chi connectivity index (χ1n) is 8.63. The standard InChI is InChI=1S/C20H23Cl2NO3S2/c1-13(28-14-7-8-18(25-2)19(11-14)26-3)20(24)23-9-10-27-12-15-16(21)5-4-6-17(15)22/h4-8,11,13H,9-10,12H2,1-3H3,(H,23,24). The van der Waals surface area contributed by atoms with Crippen molar-refractivity contribution in [1.29, 1.82) is 0 Å². The average Bonchev–Trinajstić information content (AvgIpc) is 2.69. The van der Waals surface area contributed by atoms with Gasteiger partial charge in [-0.1, -0.05) is 29.3 Å². The van der Waals surface area contributed by atoms with Crippen molar-refractivity contribution in [3.8, 4) is 11.5 Å². The third-order valence-electron chi connectivity index (χ3n) is 3.89. The van der Waals surface area contributed by atoms with Gasteiger partial charge in [-0.3, -0.25) is 4.79 Å². The molecule has 2 aromatic carbocycles. The van der Waals surface area contributed by atoms with E-state index in [0.717, 1.165) is 16.2 Å². The van der Waals surface area contributed by atoms with Gasteiger partial charge in [0, 0.05) is 33.0 Å². The van der Waals surface area contributed by atoms with Gasteiger partial charge in [-0.15, -0.1) is 11.8 Å². The zero-order chi connectivity index (χ0) is 20.5. The molecule has 0 heterocycles. The summed E-state index contributed by atoms with van der Waals surface area (Å²) in [7, 11) is 3.19. The number of nitrogens with one attached hydrogen (secondary N) is 1. The smallest absolute Gasteiger partial charge is 0.233 e. The summed E-state index contributed by atoms with van der Waals surface area (Å²) in [6.07, 6.45) is 0. The highest BCUT2D eigenvalue weighted by molar-refractivity contribution is 8.00. The fraction of sp³-hybridized carbons (Fsp3) is 0.350. The molecule has 0 aliphatic carbocycles. The summed E-state index contributed by atoms with van der Waals surface area (Å²) >= 11 is 15.5. The van der Waals surface area contributed by atoms with Crippen LogP contribution in [0, 0.1) is 0 Å². The number of benzene rings is 2. The van der Waals surface area contributed by atoms with Crippen molar-refractivity contribution < 1.29 is 14.3 Å². The van der Waals surface area contributed by atoms with E-state index in [2.05, 4.69) is 5.32 Å². The molecular weight excluding hydrogens is 437 g/mol. The predicted molar refractivity (Wildman–Crippen MR) is 120 cm³/mol. The molecule has 1 N–H and O–H groups in total. The van der Waals surface area contributed by atoms with Crippen molar-refractivity contribution in [1.82, 2.24) is 5.32 Å². The number of ether oxygens (including phenoxy) is 2. The Kier molecular flexibility index (Phi) is 9.65. The van der Waals surface area contributed by atoms with E-state index >= 15 is 0 Å². The average molecular weight is 460 g/mol. The Balaban J connectivity index is 1.75. The first-order valence-corrected chi connectivity index (χ1v) is 11.4. The Morgan fingerprint density at radius 1 is 1.11 bits per heavy atom. The van der Waals surface area contributed by atoms with Crippen LogP contribution in [-0.2, 0) is 10.5 Å². The molecule has 8 heteroatoms. The molecule has 1 amide bonds. The van der Waals surface area contributed by atoms with E-state index in [9.17, 15) is 4.79 Å². The molecule has 28 heavy (non-hydrogen) atoms. The molecule has 1 unspecified atom stereocenters. The molecule has 0 spiro atoms. The van der Waals surface area contributed by atoms with Gasteiger partial charge < -0.3 is 14.8 Å². The topological polar surface area (TPSA) is 47.6 Å². The van der Waals surface area contributed by atoms with Crippen LogP contribution in [0.15, 0.2) is 41.3 Å². The number of carbonyl (C=O) groups is 1. The van der Waals surface area contributed by atoms with Gasteiger partial charge in [0.05, 0.1) is 19.5 Å². The van der Waals surface area contributed by atoms with Crippen molar-refractivity contribution in [3.05, 3.63) is 52.0 Å². The highest BCUT2D eigenvalue weighted by Crippen LogP contribution is 2.33. The van der Waals surface area contributed by atoms with Crippen LogP contribution in [0.25, 0.3) is 0 Å². The second-order valence-corrected chi connectivity index (χ2v) is 9.15. The summed E-state index contributed by atoms with van der Waals surface area (Å²) < 4.78 is 10.5. The second kappa shape index (κ2) is 11.7. The lowest BCUT2D eigenvalue weighted by Crippen LogP contribution is -2.32. The molecule has 0 aliphatic rings. The lowest BCUT2D eigenvalue weighted by atomic mass is 10.2. The van der Waals surface area contributed by atoms with Gasteiger partial charge in [-0.05, 0) is 42.8 Å². The molecule has 0 bridgehead atoms. The Labute approximate surface area is 184 Å². The molecule has 2 aromatic rings. The quantitative estimate of drug-likeness (QED) is 0.373. The normalized spacial score (nSPS) is 11.8. The third kappa shape index (κ3) is 6.69. The summed E-state index contributed by atoms with van der Waals surface area (Å²) in [5, 5.41) is 4.09. The number of methoxy groups -OCH3 is 2. The molecule has 4 nitrogen and oxygen atoms in total. The van der Waals surface area contributed by atoms with Gasteiger partial charge in [0.2, 0.25) is 5.91 Å². The molecule has 2 rings (SSSR count). The monoisotopic (exact) mass is 459 g/mol. The van der Waals surface area contributed by atoms with Gasteiger partial charge >= 0.3 is 0 Å². The van der Waals surface area contributed by atoms with Crippen LogP contribution in [0.2, 0.25) is 10.0 Å². The zero-order valence-electron chi connectivity index (χ0n) is 16.0. The summed E-state index contributed by atoms with van der Waals surface area (Å²) in [4.78, 5) is 13.3. The lowest BCUT2D eigenvalue weighted by molar-refractivity contribution is -0.120. The molecular formula is C20H23Cl2NO3S2. The number of carbonyl (C=O) groups excluding carboxylic acids is 1. The van der Waals surface area contributed by atoms with Crippen molar-refractivity contribution in [2.24, 2.45) is 0 Å². The van der Waals surface area contributed by atoms with E-state index in [4.69, 9.17) is 32.7 Å². The Morgan fingerprint density at radius 3 is 2.43 bits per heavy atom. The SMILES string of the molecule is COc1ccc(SC(C)C(=O)NCCSCc2c(Cl)cccc2Cl)cc1OC. The van der Waals surface area contributed by atoms with Gasteiger partial charge in [0.15, 0.2) is 11.5 Å². The Bertz CT molecular complexity index is 785. The fourth-order valence-corrected chi connectivity index (χ4v) is 4.90. The Morgan fingerprint density at radius 2 is 1.79 bits per heavy atom. The van der Waals surface area contributed by atoms with Crippen molar-refractivity contribution in [3.63, 3.8) is 0 Å². The maximum Gasteiger partial charge on any atom is 0.233 e. The lowest BCUT2D eigenvalue weighted by Gasteiger charge is -2.14. The first-order chi connectivity index (χ1) is 13.5. The van der Waals surface area contributed by atoms with Crippen molar-refractivity contribution in [2.45, 2.75) is 22.8 Å². The number of hydrogen-bond donors (Lipinski definition) is 1. The molecule has 0 radical (unpaired) electrons. The number of amides is 1. The number of halogens is 2. The summed E-state index contributed by atoms with van der Waals surface area (Å²) in [6.45, 7) is 2.47. The molecule has 0 saturated carbocycles. The van der Waals surface area contributed by atoms with E-state index in [-0.39, 0.29) is 11.2 Å². The van der Waals surface area contributed by atoms with E-state index in [1.165, 1.54) is 11.8 Å². The molecule has 152 valence electrons. The highest BCUT2D eigenvalue weighted by atomic mass is 35.5. The zero-order valence-corrected chi connectivity index (χ0v) is 19.1. The molecule has 0 saturated heterocycles. The first kappa shape index (κ1) is 23.1. The van der Waals surface area contributed by atoms with Crippen LogP contribution >= 0.6 is 46.7 Å². The van der Waals surface area contributed by atoms with Crippen molar-refractivity contribution in [2.75, 3.05) is 26.5 Å². The Hall–Kier alpha value is -1.21. The largest absolute Gasteiger partial charge is 0.493 e. The third-order valence-corrected chi connectivity index (χ3v) is 6.68. The highest BCUT2D eigenvalue weighted by Gasteiger charge is 2.15. The predicted octanol–water partition coefficient (Wildman–Crippen LogP) is 5.54. The maximum absolute atomic E-state index is 12.3.